The molecule has 0 amide bonds. The standard InChI is InChI=1S/C10H8BrFN2O2/c1-14-8-4-7(12)5(10(15)16-2)3-6(8)9(11)13-14/h3-4H,1-2H3. The zero-order chi connectivity index (χ0) is 11.9. The van der Waals surface area contributed by atoms with Crippen LogP contribution in [-0.2, 0) is 11.8 Å². The van der Waals surface area contributed by atoms with Crippen molar-refractivity contribution in [2.45, 2.75) is 0 Å². The number of esters is 1. The average Bonchev–Trinajstić information content (AvgIpc) is 2.52. The first-order valence-corrected chi connectivity index (χ1v) is 5.24. The first kappa shape index (κ1) is 11.1. The molecular formula is C10H8BrFN2O2. The van der Waals surface area contributed by atoms with Crippen LogP contribution in [0.25, 0.3) is 10.9 Å². The number of carbonyl (C=O) groups excluding carboxylic acids is 1. The van der Waals surface area contributed by atoms with Crippen molar-refractivity contribution in [1.82, 2.24) is 9.78 Å². The molecule has 0 fully saturated rings. The van der Waals surface area contributed by atoms with Gasteiger partial charge in [-0.05, 0) is 22.0 Å². The lowest BCUT2D eigenvalue weighted by molar-refractivity contribution is 0.0596. The van der Waals surface area contributed by atoms with Crippen molar-refractivity contribution >= 4 is 32.8 Å². The fourth-order valence-corrected chi connectivity index (χ4v) is 2.06. The summed E-state index contributed by atoms with van der Waals surface area (Å²) in [5.74, 6) is -1.31. The van der Waals surface area contributed by atoms with Crippen LogP contribution in [0.4, 0.5) is 4.39 Å². The predicted molar refractivity (Wildman–Crippen MR) is 59.7 cm³/mol. The predicted octanol–water partition coefficient (Wildman–Crippen LogP) is 2.26. The largest absolute Gasteiger partial charge is 0.465 e. The van der Waals surface area contributed by atoms with Crippen LogP contribution in [0.3, 0.4) is 0 Å². The molecule has 84 valence electrons. The molecule has 0 saturated heterocycles. The summed E-state index contributed by atoms with van der Waals surface area (Å²) in [5, 5.41) is 4.74. The maximum absolute atomic E-state index is 13.6. The number of ether oxygens (including phenoxy) is 1. The molecule has 2 aromatic rings. The van der Waals surface area contributed by atoms with E-state index in [1.54, 1.807) is 7.05 Å². The van der Waals surface area contributed by atoms with E-state index in [-0.39, 0.29) is 5.56 Å². The van der Waals surface area contributed by atoms with Crippen LogP contribution in [0.1, 0.15) is 10.4 Å². The zero-order valence-corrected chi connectivity index (χ0v) is 10.2. The highest BCUT2D eigenvalue weighted by Gasteiger charge is 2.16. The minimum absolute atomic E-state index is 0.0938. The zero-order valence-electron chi connectivity index (χ0n) is 8.62. The summed E-state index contributed by atoms with van der Waals surface area (Å²) >= 11 is 3.24. The van der Waals surface area contributed by atoms with Gasteiger partial charge < -0.3 is 4.74 Å². The molecule has 6 heteroatoms. The van der Waals surface area contributed by atoms with E-state index in [2.05, 4.69) is 25.8 Å². The van der Waals surface area contributed by atoms with Gasteiger partial charge in [-0.3, -0.25) is 4.68 Å². The van der Waals surface area contributed by atoms with E-state index >= 15 is 0 Å². The molecule has 1 aromatic heterocycles. The van der Waals surface area contributed by atoms with Crippen LogP contribution in [0, 0.1) is 5.82 Å². The molecule has 1 heterocycles. The number of nitrogens with zero attached hydrogens (tertiary/aromatic N) is 2. The van der Waals surface area contributed by atoms with E-state index in [0.717, 1.165) is 0 Å². The second-order valence-electron chi connectivity index (χ2n) is 3.26. The van der Waals surface area contributed by atoms with Gasteiger partial charge in [0.1, 0.15) is 10.4 Å². The molecule has 0 aliphatic heterocycles. The molecule has 4 nitrogen and oxygen atoms in total. The molecule has 0 aliphatic carbocycles. The Morgan fingerprint density at radius 1 is 1.56 bits per heavy atom. The van der Waals surface area contributed by atoms with Gasteiger partial charge in [0.2, 0.25) is 0 Å². The fraction of sp³-hybridized carbons (Fsp3) is 0.200. The number of hydrogen-bond donors (Lipinski definition) is 0. The lowest BCUT2D eigenvalue weighted by atomic mass is 10.1. The van der Waals surface area contributed by atoms with Crippen molar-refractivity contribution in [3.8, 4) is 0 Å². The minimum atomic E-state index is -0.699. The van der Waals surface area contributed by atoms with Gasteiger partial charge in [0.25, 0.3) is 0 Å². The van der Waals surface area contributed by atoms with E-state index in [4.69, 9.17) is 0 Å². The van der Waals surface area contributed by atoms with E-state index in [1.165, 1.54) is 23.9 Å². The summed E-state index contributed by atoms with van der Waals surface area (Å²) in [5.41, 5.74) is 0.515. The number of methoxy groups -OCH3 is 1. The minimum Gasteiger partial charge on any atom is -0.465 e. The van der Waals surface area contributed by atoms with Gasteiger partial charge in [-0.2, -0.15) is 5.10 Å². The van der Waals surface area contributed by atoms with Gasteiger partial charge in [-0.25, -0.2) is 9.18 Å². The van der Waals surface area contributed by atoms with Crippen LogP contribution in [0.5, 0.6) is 0 Å². The summed E-state index contributed by atoms with van der Waals surface area (Å²) < 4.78 is 20.2. The average molecular weight is 287 g/mol. The van der Waals surface area contributed by atoms with Crippen molar-refractivity contribution < 1.29 is 13.9 Å². The fourth-order valence-electron chi connectivity index (χ4n) is 1.50. The van der Waals surface area contributed by atoms with E-state index in [0.29, 0.717) is 15.5 Å². The van der Waals surface area contributed by atoms with Gasteiger partial charge in [0.05, 0.1) is 18.2 Å². The topological polar surface area (TPSA) is 44.1 Å². The van der Waals surface area contributed by atoms with Crippen LogP contribution >= 0.6 is 15.9 Å². The third kappa shape index (κ3) is 1.59. The highest BCUT2D eigenvalue weighted by Crippen LogP contribution is 2.25. The van der Waals surface area contributed by atoms with Gasteiger partial charge in [0.15, 0.2) is 0 Å². The number of hydrogen-bond acceptors (Lipinski definition) is 3. The molecule has 2 rings (SSSR count). The second kappa shape index (κ2) is 3.86. The van der Waals surface area contributed by atoms with E-state index in [9.17, 15) is 9.18 Å². The quantitative estimate of drug-likeness (QED) is 0.756. The third-order valence-corrected chi connectivity index (χ3v) is 2.89. The molecule has 0 unspecified atom stereocenters. The number of halogens is 2. The second-order valence-corrected chi connectivity index (χ2v) is 4.01. The Morgan fingerprint density at radius 3 is 2.88 bits per heavy atom. The number of carbonyl (C=O) groups is 1. The molecule has 0 bridgehead atoms. The molecule has 0 atom stereocenters. The van der Waals surface area contributed by atoms with E-state index in [1.807, 2.05) is 0 Å². The van der Waals surface area contributed by atoms with Crippen LogP contribution in [-0.4, -0.2) is 22.9 Å². The molecule has 0 N–H and O–H groups in total. The number of fused-ring (bicyclic) bond motifs is 1. The summed E-state index contributed by atoms with van der Waals surface area (Å²) in [7, 11) is 2.91. The summed E-state index contributed by atoms with van der Waals surface area (Å²) in [6.45, 7) is 0. The maximum atomic E-state index is 13.6. The Labute approximate surface area is 99.1 Å². The molecule has 0 radical (unpaired) electrons. The van der Waals surface area contributed by atoms with Gasteiger partial charge >= 0.3 is 5.97 Å². The first-order valence-electron chi connectivity index (χ1n) is 4.44. The number of rotatable bonds is 1. The van der Waals surface area contributed by atoms with Crippen molar-refractivity contribution in [3.63, 3.8) is 0 Å². The Balaban J connectivity index is 2.75. The Morgan fingerprint density at radius 2 is 2.25 bits per heavy atom. The maximum Gasteiger partial charge on any atom is 0.340 e. The van der Waals surface area contributed by atoms with Crippen molar-refractivity contribution in [3.05, 3.63) is 28.1 Å². The summed E-state index contributed by atoms with van der Waals surface area (Å²) in [4.78, 5) is 11.3. The highest BCUT2D eigenvalue weighted by molar-refractivity contribution is 9.10. The van der Waals surface area contributed by atoms with Crippen molar-refractivity contribution in [2.24, 2.45) is 7.05 Å². The Bertz CT molecular complexity index is 580. The van der Waals surface area contributed by atoms with Gasteiger partial charge in [0, 0.05) is 18.5 Å². The van der Waals surface area contributed by atoms with Gasteiger partial charge in [-0.1, -0.05) is 0 Å². The highest BCUT2D eigenvalue weighted by atomic mass is 79.9. The molecular weight excluding hydrogens is 279 g/mol. The molecule has 1 aromatic carbocycles. The number of aryl methyl sites for hydroxylation is 1. The molecule has 16 heavy (non-hydrogen) atoms. The summed E-state index contributed by atoms with van der Waals surface area (Å²) in [6, 6.07) is 2.69. The molecule has 0 saturated carbocycles. The Hall–Kier alpha value is -1.43. The van der Waals surface area contributed by atoms with Crippen LogP contribution < -0.4 is 0 Å². The lowest BCUT2D eigenvalue weighted by Crippen LogP contribution is -2.04. The summed E-state index contributed by atoms with van der Waals surface area (Å²) in [6.07, 6.45) is 0. The SMILES string of the molecule is COC(=O)c1cc2c(Br)nn(C)c2cc1F. The third-order valence-electron chi connectivity index (χ3n) is 2.30. The number of aromatic nitrogens is 2. The molecule has 0 spiro atoms. The smallest absolute Gasteiger partial charge is 0.340 e. The molecule has 0 aliphatic rings. The number of benzene rings is 1. The van der Waals surface area contributed by atoms with Crippen molar-refractivity contribution in [2.75, 3.05) is 7.11 Å². The van der Waals surface area contributed by atoms with Crippen LogP contribution in [0.15, 0.2) is 16.7 Å². The van der Waals surface area contributed by atoms with Crippen molar-refractivity contribution in [1.29, 1.82) is 0 Å². The van der Waals surface area contributed by atoms with Gasteiger partial charge in [-0.15, -0.1) is 0 Å². The lowest BCUT2D eigenvalue weighted by Gasteiger charge is -2.01. The van der Waals surface area contributed by atoms with Crippen LogP contribution in [0.2, 0.25) is 0 Å². The first-order chi connectivity index (χ1) is 7.54. The van der Waals surface area contributed by atoms with E-state index < -0.39 is 11.8 Å². The monoisotopic (exact) mass is 286 g/mol. The normalized spacial score (nSPS) is 10.8. The Kier molecular flexibility index (Phi) is 2.67.